The van der Waals surface area contributed by atoms with Gasteiger partial charge in [-0.05, 0) is 44.3 Å². The van der Waals surface area contributed by atoms with Crippen LogP contribution in [0.5, 0.6) is 0 Å². The number of hydrogen-bond acceptors (Lipinski definition) is 3. The standard InChI is InChI=1S/C13H19NOS/c1-11(15)10-14(2)9-8-12-4-6-13(16-3)7-5-12/h4-7H,8-10H2,1-3H3. The zero-order valence-electron chi connectivity index (χ0n) is 10.2. The zero-order valence-corrected chi connectivity index (χ0v) is 11.0. The number of carbonyl (C=O) groups is 1. The van der Waals surface area contributed by atoms with E-state index in [1.54, 1.807) is 18.7 Å². The van der Waals surface area contributed by atoms with Crippen molar-refractivity contribution in [2.24, 2.45) is 0 Å². The third kappa shape index (κ3) is 4.81. The van der Waals surface area contributed by atoms with Gasteiger partial charge < -0.3 is 0 Å². The fraction of sp³-hybridized carbons (Fsp3) is 0.462. The number of benzene rings is 1. The van der Waals surface area contributed by atoms with E-state index in [1.165, 1.54) is 10.5 Å². The Labute approximate surface area is 102 Å². The summed E-state index contributed by atoms with van der Waals surface area (Å²) in [5.74, 6) is 0.222. The highest BCUT2D eigenvalue weighted by atomic mass is 32.2. The molecule has 0 amide bonds. The SMILES string of the molecule is CSc1ccc(CCN(C)CC(C)=O)cc1. The molecule has 1 aromatic carbocycles. The number of nitrogens with zero attached hydrogens (tertiary/aromatic N) is 1. The van der Waals surface area contributed by atoms with E-state index >= 15 is 0 Å². The third-order valence-corrected chi connectivity index (χ3v) is 3.18. The van der Waals surface area contributed by atoms with E-state index in [0.717, 1.165) is 13.0 Å². The van der Waals surface area contributed by atoms with Gasteiger partial charge in [0.1, 0.15) is 5.78 Å². The molecule has 1 rings (SSSR count). The molecule has 0 saturated carbocycles. The van der Waals surface area contributed by atoms with Gasteiger partial charge in [0.05, 0.1) is 6.54 Å². The highest BCUT2D eigenvalue weighted by molar-refractivity contribution is 7.98. The fourth-order valence-electron chi connectivity index (χ4n) is 1.57. The molecule has 1 aromatic rings. The lowest BCUT2D eigenvalue weighted by molar-refractivity contribution is -0.117. The van der Waals surface area contributed by atoms with Crippen molar-refractivity contribution in [1.29, 1.82) is 0 Å². The Kier molecular flexibility index (Phi) is 5.56. The summed E-state index contributed by atoms with van der Waals surface area (Å²) in [5, 5.41) is 0. The quantitative estimate of drug-likeness (QED) is 0.709. The third-order valence-electron chi connectivity index (χ3n) is 2.43. The molecule has 0 heterocycles. The molecule has 0 aliphatic carbocycles. The molecular formula is C13H19NOS. The number of Topliss-reactive ketones (excluding diaryl/α,β-unsaturated/α-hetero) is 1. The monoisotopic (exact) mass is 237 g/mol. The van der Waals surface area contributed by atoms with Crippen LogP contribution in [0.2, 0.25) is 0 Å². The lowest BCUT2D eigenvalue weighted by Crippen LogP contribution is -2.26. The van der Waals surface area contributed by atoms with Crippen LogP contribution in [0.1, 0.15) is 12.5 Å². The summed E-state index contributed by atoms with van der Waals surface area (Å²) in [6.07, 6.45) is 3.08. The molecule has 0 spiro atoms. The Morgan fingerprint density at radius 2 is 1.94 bits per heavy atom. The molecule has 0 unspecified atom stereocenters. The van der Waals surface area contributed by atoms with Crippen molar-refractivity contribution in [3.63, 3.8) is 0 Å². The van der Waals surface area contributed by atoms with Gasteiger partial charge in [-0.25, -0.2) is 0 Å². The summed E-state index contributed by atoms with van der Waals surface area (Å²) in [6, 6.07) is 8.61. The molecule has 0 bridgehead atoms. The summed E-state index contributed by atoms with van der Waals surface area (Å²) in [7, 11) is 1.98. The molecule has 0 saturated heterocycles. The zero-order chi connectivity index (χ0) is 12.0. The van der Waals surface area contributed by atoms with Crippen molar-refractivity contribution in [3.8, 4) is 0 Å². The first-order valence-corrected chi connectivity index (χ1v) is 6.65. The van der Waals surface area contributed by atoms with Crippen molar-refractivity contribution in [2.75, 3.05) is 26.4 Å². The number of likely N-dealkylation sites (N-methyl/N-ethyl adjacent to an activating group) is 1. The Bertz CT molecular complexity index is 334. The van der Waals surface area contributed by atoms with Gasteiger partial charge in [-0.1, -0.05) is 12.1 Å². The maximum atomic E-state index is 10.9. The topological polar surface area (TPSA) is 20.3 Å². The van der Waals surface area contributed by atoms with Gasteiger partial charge in [-0.2, -0.15) is 0 Å². The Balaban J connectivity index is 2.39. The highest BCUT2D eigenvalue weighted by Crippen LogP contribution is 2.15. The van der Waals surface area contributed by atoms with Gasteiger partial charge in [0.25, 0.3) is 0 Å². The van der Waals surface area contributed by atoms with Gasteiger partial charge in [0, 0.05) is 11.4 Å². The molecular weight excluding hydrogens is 218 g/mol. The lowest BCUT2D eigenvalue weighted by Gasteiger charge is -2.14. The van der Waals surface area contributed by atoms with Crippen LogP contribution in [-0.2, 0) is 11.2 Å². The van der Waals surface area contributed by atoms with Gasteiger partial charge in [-0.3, -0.25) is 9.69 Å². The van der Waals surface area contributed by atoms with Crippen LogP contribution in [0.3, 0.4) is 0 Å². The number of hydrogen-bond donors (Lipinski definition) is 0. The molecule has 0 atom stereocenters. The van der Waals surface area contributed by atoms with Gasteiger partial charge >= 0.3 is 0 Å². The molecule has 16 heavy (non-hydrogen) atoms. The smallest absolute Gasteiger partial charge is 0.143 e. The van der Waals surface area contributed by atoms with Gasteiger partial charge in [0.2, 0.25) is 0 Å². The predicted octanol–water partition coefficient (Wildman–Crippen LogP) is 2.47. The lowest BCUT2D eigenvalue weighted by atomic mass is 10.1. The first kappa shape index (κ1) is 13.3. The Morgan fingerprint density at radius 3 is 2.44 bits per heavy atom. The van der Waals surface area contributed by atoms with Crippen LogP contribution in [0.15, 0.2) is 29.2 Å². The number of rotatable bonds is 6. The van der Waals surface area contributed by atoms with Crippen molar-refractivity contribution in [1.82, 2.24) is 4.90 Å². The van der Waals surface area contributed by atoms with E-state index in [2.05, 4.69) is 35.4 Å². The normalized spacial score (nSPS) is 10.8. The summed E-state index contributed by atoms with van der Waals surface area (Å²) in [4.78, 5) is 14.3. The summed E-state index contributed by atoms with van der Waals surface area (Å²) < 4.78 is 0. The minimum atomic E-state index is 0.222. The molecule has 3 heteroatoms. The second-order valence-electron chi connectivity index (χ2n) is 4.04. The van der Waals surface area contributed by atoms with Crippen LogP contribution in [0.25, 0.3) is 0 Å². The van der Waals surface area contributed by atoms with Crippen molar-refractivity contribution >= 4 is 17.5 Å². The first-order valence-electron chi connectivity index (χ1n) is 5.42. The average Bonchev–Trinajstić information content (AvgIpc) is 2.26. The highest BCUT2D eigenvalue weighted by Gasteiger charge is 2.02. The number of ketones is 1. The summed E-state index contributed by atoms with van der Waals surface area (Å²) in [5.41, 5.74) is 1.33. The van der Waals surface area contributed by atoms with Crippen LogP contribution >= 0.6 is 11.8 Å². The second-order valence-corrected chi connectivity index (χ2v) is 4.92. The molecule has 2 nitrogen and oxygen atoms in total. The van der Waals surface area contributed by atoms with Gasteiger partial charge in [0.15, 0.2) is 0 Å². The molecule has 0 aromatic heterocycles. The van der Waals surface area contributed by atoms with Crippen LogP contribution in [0.4, 0.5) is 0 Å². The number of carbonyl (C=O) groups excluding carboxylic acids is 1. The minimum absolute atomic E-state index is 0.222. The first-order chi connectivity index (χ1) is 7.61. The number of thioether (sulfide) groups is 1. The molecule has 0 aliphatic heterocycles. The van der Waals surface area contributed by atoms with E-state index in [9.17, 15) is 4.79 Å². The molecule has 0 N–H and O–H groups in total. The maximum absolute atomic E-state index is 10.9. The van der Waals surface area contributed by atoms with E-state index < -0.39 is 0 Å². The largest absolute Gasteiger partial charge is 0.299 e. The van der Waals surface area contributed by atoms with Gasteiger partial charge in [-0.15, -0.1) is 11.8 Å². The van der Waals surface area contributed by atoms with Crippen LogP contribution in [-0.4, -0.2) is 37.1 Å². The molecule has 0 radical (unpaired) electrons. The summed E-state index contributed by atoms with van der Waals surface area (Å²) >= 11 is 1.76. The average molecular weight is 237 g/mol. The molecule has 0 fully saturated rings. The van der Waals surface area contributed by atoms with E-state index in [1.807, 2.05) is 7.05 Å². The maximum Gasteiger partial charge on any atom is 0.143 e. The second kappa shape index (κ2) is 6.71. The Morgan fingerprint density at radius 1 is 1.31 bits per heavy atom. The predicted molar refractivity (Wildman–Crippen MR) is 70.1 cm³/mol. The minimum Gasteiger partial charge on any atom is -0.299 e. The van der Waals surface area contributed by atoms with Crippen molar-refractivity contribution < 1.29 is 4.79 Å². The van der Waals surface area contributed by atoms with E-state index in [-0.39, 0.29) is 5.78 Å². The van der Waals surface area contributed by atoms with Crippen LogP contribution in [0, 0.1) is 0 Å². The summed E-state index contributed by atoms with van der Waals surface area (Å²) in [6.45, 7) is 3.10. The van der Waals surface area contributed by atoms with Crippen molar-refractivity contribution in [2.45, 2.75) is 18.2 Å². The van der Waals surface area contributed by atoms with Crippen molar-refractivity contribution in [3.05, 3.63) is 29.8 Å². The molecule has 0 aliphatic rings. The van der Waals surface area contributed by atoms with E-state index in [4.69, 9.17) is 0 Å². The van der Waals surface area contributed by atoms with E-state index in [0.29, 0.717) is 6.54 Å². The fourth-order valence-corrected chi connectivity index (χ4v) is 1.98. The Hall–Kier alpha value is -0.800. The van der Waals surface area contributed by atoms with Crippen LogP contribution < -0.4 is 0 Å². The molecule has 88 valence electrons.